The lowest BCUT2D eigenvalue weighted by Crippen LogP contribution is -2.49. The van der Waals surface area contributed by atoms with Gasteiger partial charge in [-0.3, -0.25) is 13.9 Å². The van der Waals surface area contributed by atoms with Gasteiger partial charge in [0, 0.05) is 19.7 Å². The highest BCUT2D eigenvalue weighted by Crippen LogP contribution is 2.49. The average Bonchev–Trinajstić information content (AvgIpc) is 3.08. The van der Waals surface area contributed by atoms with Crippen molar-refractivity contribution >= 4 is 0 Å². The second-order valence-electron chi connectivity index (χ2n) is 7.56. The molecular formula is C17H20N2O7. The summed E-state index contributed by atoms with van der Waals surface area (Å²) in [5.41, 5.74) is 0.382. The largest absolute Gasteiger partial charge is 0.448 e. The summed E-state index contributed by atoms with van der Waals surface area (Å²) in [6.45, 7) is 3.95. The summed E-state index contributed by atoms with van der Waals surface area (Å²) in [4.78, 5) is 25.1. The molecule has 4 aliphatic heterocycles. The van der Waals surface area contributed by atoms with Gasteiger partial charge in [0.05, 0.1) is 24.4 Å². The van der Waals surface area contributed by atoms with Crippen LogP contribution in [0.1, 0.15) is 25.3 Å². The van der Waals surface area contributed by atoms with Gasteiger partial charge in [-0.2, -0.15) is 0 Å². The van der Waals surface area contributed by atoms with Gasteiger partial charge in [0.2, 0.25) is 5.88 Å². The Kier molecular flexibility index (Phi) is 3.17. The Labute approximate surface area is 148 Å². The number of rotatable bonds is 0. The van der Waals surface area contributed by atoms with Gasteiger partial charge >= 0.3 is 5.69 Å². The summed E-state index contributed by atoms with van der Waals surface area (Å²) in [6.07, 6.45) is -0.183. The molecule has 9 heteroatoms. The third-order valence-electron chi connectivity index (χ3n) is 5.47. The fourth-order valence-corrected chi connectivity index (χ4v) is 4.30. The maximum Gasteiger partial charge on any atom is 0.333 e. The number of ether oxygens (including phenoxy) is 5. The molecule has 1 aromatic rings. The molecule has 0 bridgehead atoms. The van der Waals surface area contributed by atoms with Gasteiger partial charge in [-0.05, 0) is 13.8 Å². The van der Waals surface area contributed by atoms with Crippen molar-refractivity contribution in [2.75, 3.05) is 6.61 Å². The number of fused-ring (bicyclic) bond motifs is 7. The molecule has 140 valence electrons. The van der Waals surface area contributed by atoms with Crippen LogP contribution in [0.15, 0.2) is 21.4 Å². The van der Waals surface area contributed by atoms with Gasteiger partial charge in [-0.1, -0.05) is 0 Å². The van der Waals surface area contributed by atoms with Crippen LogP contribution < -0.4 is 16.0 Å². The second-order valence-corrected chi connectivity index (χ2v) is 7.56. The third-order valence-corrected chi connectivity index (χ3v) is 5.47. The van der Waals surface area contributed by atoms with E-state index in [4.69, 9.17) is 23.7 Å². The van der Waals surface area contributed by atoms with E-state index in [-0.39, 0.29) is 29.6 Å². The SMILES string of the molecule is Cn1c2c(c(=O)n(C)c1=O)[C@H]1C(=CO2)CO[C@@H]2[C@H]3OC(C)(C)O[C@H]3O[C@@H]21. The van der Waals surface area contributed by atoms with Crippen LogP contribution in [0.3, 0.4) is 0 Å². The molecule has 0 saturated carbocycles. The lowest BCUT2D eigenvalue weighted by Gasteiger charge is -2.38. The number of hydrogen-bond donors (Lipinski definition) is 0. The Hall–Kier alpha value is -1.94. The van der Waals surface area contributed by atoms with Crippen molar-refractivity contribution in [1.29, 1.82) is 0 Å². The Morgan fingerprint density at radius 1 is 1.08 bits per heavy atom. The first-order valence-corrected chi connectivity index (χ1v) is 8.57. The van der Waals surface area contributed by atoms with E-state index in [1.807, 2.05) is 13.8 Å². The fraction of sp³-hybridized carbons (Fsp3) is 0.647. The Bertz CT molecular complexity index is 944. The second kappa shape index (κ2) is 5.07. The third kappa shape index (κ3) is 1.99. The quantitative estimate of drug-likeness (QED) is 0.625. The molecule has 5 atom stereocenters. The molecule has 0 unspecified atom stereocenters. The van der Waals surface area contributed by atoms with Crippen molar-refractivity contribution in [1.82, 2.24) is 9.13 Å². The summed E-state index contributed by atoms with van der Waals surface area (Å²) in [7, 11) is 3.04. The smallest absolute Gasteiger partial charge is 0.333 e. The first-order valence-electron chi connectivity index (χ1n) is 8.57. The lowest BCUT2D eigenvalue weighted by molar-refractivity contribution is -0.223. The molecule has 0 amide bonds. The van der Waals surface area contributed by atoms with E-state index >= 15 is 0 Å². The van der Waals surface area contributed by atoms with E-state index in [0.717, 1.165) is 10.1 Å². The molecule has 0 aromatic carbocycles. The minimum absolute atomic E-state index is 0.246. The highest BCUT2D eigenvalue weighted by molar-refractivity contribution is 5.42. The highest BCUT2D eigenvalue weighted by atomic mass is 16.8. The van der Waals surface area contributed by atoms with Gasteiger partial charge in [0.15, 0.2) is 12.1 Å². The van der Waals surface area contributed by atoms with Crippen molar-refractivity contribution in [2.24, 2.45) is 14.1 Å². The van der Waals surface area contributed by atoms with E-state index in [1.54, 1.807) is 13.3 Å². The van der Waals surface area contributed by atoms with E-state index in [9.17, 15) is 9.59 Å². The normalized spacial score (nSPS) is 36.5. The molecule has 4 aliphatic rings. The van der Waals surface area contributed by atoms with Gasteiger partial charge in [0.25, 0.3) is 5.56 Å². The first-order chi connectivity index (χ1) is 12.3. The summed E-state index contributed by atoms with van der Waals surface area (Å²) in [5, 5.41) is 0. The molecule has 5 rings (SSSR count). The van der Waals surface area contributed by atoms with Crippen LogP contribution in [-0.2, 0) is 33.0 Å². The number of nitrogens with zero attached hydrogens (tertiary/aromatic N) is 2. The summed E-state index contributed by atoms with van der Waals surface area (Å²) in [6, 6.07) is 0. The predicted molar refractivity (Wildman–Crippen MR) is 86.8 cm³/mol. The Morgan fingerprint density at radius 3 is 2.62 bits per heavy atom. The van der Waals surface area contributed by atoms with Crippen LogP contribution in [0, 0.1) is 0 Å². The molecule has 3 saturated heterocycles. The molecule has 0 spiro atoms. The maximum atomic E-state index is 12.9. The number of aromatic nitrogens is 2. The Balaban J connectivity index is 1.62. The Morgan fingerprint density at radius 2 is 1.85 bits per heavy atom. The van der Waals surface area contributed by atoms with E-state index in [0.29, 0.717) is 12.2 Å². The van der Waals surface area contributed by atoms with Crippen LogP contribution in [0.2, 0.25) is 0 Å². The van der Waals surface area contributed by atoms with Gasteiger partial charge in [-0.25, -0.2) is 4.79 Å². The zero-order valence-corrected chi connectivity index (χ0v) is 14.9. The minimum Gasteiger partial charge on any atom is -0.448 e. The van der Waals surface area contributed by atoms with Crippen molar-refractivity contribution in [3.8, 4) is 5.88 Å². The van der Waals surface area contributed by atoms with Gasteiger partial charge < -0.3 is 23.7 Å². The molecule has 0 aliphatic carbocycles. The molecule has 5 heterocycles. The fourth-order valence-electron chi connectivity index (χ4n) is 4.30. The van der Waals surface area contributed by atoms with E-state index in [1.165, 1.54) is 11.6 Å². The van der Waals surface area contributed by atoms with Crippen LogP contribution in [0.5, 0.6) is 5.88 Å². The minimum atomic E-state index is -0.743. The van der Waals surface area contributed by atoms with Crippen LogP contribution in [-0.4, -0.2) is 46.1 Å². The molecule has 9 nitrogen and oxygen atoms in total. The van der Waals surface area contributed by atoms with Gasteiger partial charge in [0.1, 0.15) is 18.3 Å². The maximum absolute atomic E-state index is 12.9. The number of hydrogen-bond acceptors (Lipinski definition) is 7. The van der Waals surface area contributed by atoms with Crippen molar-refractivity contribution in [2.45, 2.75) is 50.2 Å². The lowest BCUT2D eigenvalue weighted by atomic mass is 9.82. The van der Waals surface area contributed by atoms with Crippen molar-refractivity contribution in [3.05, 3.63) is 38.2 Å². The monoisotopic (exact) mass is 364 g/mol. The summed E-state index contributed by atoms with van der Waals surface area (Å²) < 4.78 is 31.9. The summed E-state index contributed by atoms with van der Waals surface area (Å²) in [5.74, 6) is -0.868. The molecule has 3 fully saturated rings. The molecule has 1 aromatic heterocycles. The van der Waals surface area contributed by atoms with E-state index < -0.39 is 23.9 Å². The predicted octanol–water partition coefficient (Wildman–Crippen LogP) is -0.281. The highest BCUT2D eigenvalue weighted by Gasteiger charge is 2.60. The van der Waals surface area contributed by atoms with E-state index in [2.05, 4.69) is 0 Å². The van der Waals surface area contributed by atoms with Crippen LogP contribution in [0.25, 0.3) is 0 Å². The zero-order chi connectivity index (χ0) is 18.4. The molecule has 0 N–H and O–H groups in total. The molecule has 0 radical (unpaired) electrons. The zero-order valence-electron chi connectivity index (χ0n) is 14.9. The van der Waals surface area contributed by atoms with Crippen LogP contribution in [0.4, 0.5) is 0 Å². The van der Waals surface area contributed by atoms with Crippen LogP contribution >= 0.6 is 0 Å². The van der Waals surface area contributed by atoms with Crippen molar-refractivity contribution in [3.63, 3.8) is 0 Å². The standard InChI is InChI=1S/C17H20N2O7/c1-17(2)25-12-11-10(24-15(12)26-17)8-7(5-22-11)6-23-14-9(8)13(20)18(3)16(21)19(14)4/h6,8,10-12,15H,5H2,1-4H3/t8-,10-,11+,12-,15-/m1/s1. The first kappa shape index (κ1) is 16.2. The average molecular weight is 364 g/mol. The summed E-state index contributed by atoms with van der Waals surface area (Å²) >= 11 is 0. The van der Waals surface area contributed by atoms with Gasteiger partial charge in [-0.15, -0.1) is 0 Å². The molecular weight excluding hydrogens is 344 g/mol. The molecule has 26 heavy (non-hydrogen) atoms. The topological polar surface area (TPSA) is 90.2 Å². The van der Waals surface area contributed by atoms with Crippen molar-refractivity contribution < 1.29 is 23.7 Å².